The van der Waals surface area contributed by atoms with Gasteiger partial charge in [0.2, 0.25) is 0 Å². The minimum absolute atomic E-state index is 0.00879. The van der Waals surface area contributed by atoms with Gasteiger partial charge in [-0.05, 0) is 49.4 Å². The van der Waals surface area contributed by atoms with Crippen LogP contribution in [0.1, 0.15) is 35.7 Å². The summed E-state index contributed by atoms with van der Waals surface area (Å²) in [6, 6.07) is 18.4. The maximum atomic E-state index is 13.8. The zero-order valence-corrected chi connectivity index (χ0v) is 18.4. The molecule has 0 aliphatic rings. The number of aromatic amines is 1. The van der Waals surface area contributed by atoms with Crippen molar-refractivity contribution in [2.24, 2.45) is 0 Å². The number of fused-ring (bicyclic) bond motifs is 2. The van der Waals surface area contributed by atoms with Crippen molar-refractivity contribution in [3.05, 3.63) is 105 Å². The largest absolute Gasteiger partial charge is 0.342 e. The lowest BCUT2D eigenvalue weighted by molar-refractivity contribution is 0.0688. The normalized spacial score (nSPS) is 12.3. The quantitative estimate of drug-likeness (QED) is 0.402. The number of amides is 1. The third-order valence-electron chi connectivity index (χ3n) is 5.73. The van der Waals surface area contributed by atoms with E-state index in [1.807, 2.05) is 0 Å². The summed E-state index contributed by atoms with van der Waals surface area (Å²) in [6.45, 7) is -1.28. The second-order valence-electron chi connectivity index (χ2n) is 7.97. The standard InChI is InChI=1S/C25H19F2N5O3/c1-14(21-29-18-9-5-6-10-20(18)32(21)24(26)27)28-22(33)15-11-12-17-19(13-15)30-25(35)31(23(17)34)16-7-3-2-4-8-16/h2-14,24H,1H3,(H,28,33)(H,30,35). The van der Waals surface area contributed by atoms with Crippen LogP contribution in [0, 0.1) is 0 Å². The highest BCUT2D eigenvalue weighted by Crippen LogP contribution is 2.26. The van der Waals surface area contributed by atoms with Crippen LogP contribution >= 0.6 is 0 Å². The summed E-state index contributed by atoms with van der Waals surface area (Å²) in [4.78, 5) is 45.4. The fraction of sp³-hybridized carbons (Fsp3) is 0.120. The first-order chi connectivity index (χ1) is 16.8. The number of carbonyl (C=O) groups is 1. The van der Waals surface area contributed by atoms with Gasteiger partial charge >= 0.3 is 12.2 Å². The van der Waals surface area contributed by atoms with E-state index in [-0.39, 0.29) is 27.8 Å². The number of para-hydroxylation sites is 3. The van der Waals surface area contributed by atoms with Gasteiger partial charge in [0, 0.05) is 5.56 Å². The third-order valence-corrected chi connectivity index (χ3v) is 5.73. The van der Waals surface area contributed by atoms with Gasteiger partial charge in [-0.25, -0.2) is 14.3 Å². The topological polar surface area (TPSA) is 102 Å². The van der Waals surface area contributed by atoms with Crippen molar-refractivity contribution in [1.82, 2.24) is 24.4 Å². The summed E-state index contributed by atoms with van der Waals surface area (Å²) >= 11 is 0. The van der Waals surface area contributed by atoms with Crippen molar-refractivity contribution in [3.8, 4) is 5.69 Å². The van der Waals surface area contributed by atoms with Gasteiger partial charge < -0.3 is 10.3 Å². The average molecular weight is 475 g/mol. The number of alkyl halides is 2. The maximum Gasteiger partial charge on any atom is 0.333 e. The lowest BCUT2D eigenvalue weighted by atomic mass is 10.1. The molecule has 10 heteroatoms. The van der Waals surface area contributed by atoms with Crippen molar-refractivity contribution in [2.75, 3.05) is 0 Å². The summed E-state index contributed by atoms with van der Waals surface area (Å²) < 4.78 is 29.3. The smallest absolute Gasteiger partial charge is 0.333 e. The minimum atomic E-state index is -2.84. The van der Waals surface area contributed by atoms with Gasteiger partial charge in [-0.3, -0.25) is 14.2 Å². The van der Waals surface area contributed by atoms with E-state index in [0.29, 0.717) is 11.2 Å². The molecule has 2 aromatic heterocycles. The van der Waals surface area contributed by atoms with E-state index in [0.717, 1.165) is 9.13 Å². The van der Waals surface area contributed by atoms with Crippen molar-refractivity contribution in [3.63, 3.8) is 0 Å². The number of aromatic nitrogens is 4. The number of carbonyl (C=O) groups excluding carboxylic acids is 1. The van der Waals surface area contributed by atoms with Crippen LogP contribution in [-0.4, -0.2) is 25.0 Å². The van der Waals surface area contributed by atoms with E-state index in [9.17, 15) is 23.2 Å². The first-order valence-electron chi connectivity index (χ1n) is 10.8. The lowest BCUT2D eigenvalue weighted by Crippen LogP contribution is -2.34. The molecule has 176 valence electrons. The number of imidazole rings is 1. The molecule has 0 bridgehead atoms. The number of benzene rings is 3. The molecule has 8 nitrogen and oxygen atoms in total. The number of rotatable bonds is 5. The van der Waals surface area contributed by atoms with Crippen molar-refractivity contribution >= 4 is 27.8 Å². The second-order valence-corrected chi connectivity index (χ2v) is 7.97. The monoisotopic (exact) mass is 475 g/mol. The van der Waals surface area contributed by atoms with Gasteiger partial charge in [-0.15, -0.1) is 0 Å². The van der Waals surface area contributed by atoms with Crippen molar-refractivity contribution < 1.29 is 13.6 Å². The zero-order valence-electron chi connectivity index (χ0n) is 18.4. The van der Waals surface area contributed by atoms with Crippen LogP contribution in [0.2, 0.25) is 0 Å². The second kappa shape index (κ2) is 8.64. The fourth-order valence-electron chi connectivity index (χ4n) is 4.09. The molecule has 35 heavy (non-hydrogen) atoms. The molecule has 1 unspecified atom stereocenters. The summed E-state index contributed by atoms with van der Waals surface area (Å²) in [5.74, 6) is -0.560. The summed E-state index contributed by atoms with van der Waals surface area (Å²) in [5.41, 5.74) is 0.228. The summed E-state index contributed by atoms with van der Waals surface area (Å²) in [5, 5.41) is 2.89. The Kier molecular flexibility index (Phi) is 5.48. The van der Waals surface area contributed by atoms with Gasteiger partial charge in [0.1, 0.15) is 5.82 Å². The Morgan fingerprint density at radius 1 is 1.00 bits per heavy atom. The first-order valence-corrected chi connectivity index (χ1v) is 10.8. The molecule has 2 heterocycles. The Bertz CT molecular complexity index is 1690. The van der Waals surface area contributed by atoms with E-state index in [1.54, 1.807) is 55.5 Å². The molecule has 1 atom stereocenters. The molecular weight excluding hydrogens is 456 g/mol. The molecule has 0 spiro atoms. The van der Waals surface area contributed by atoms with Crippen LogP contribution in [0.4, 0.5) is 8.78 Å². The molecule has 0 saturated carbocycles. The number of hydrogen-bond acceptors (Lipinski definition) is 4. The van der Waals surface area contributed by atoms with Crippen molar-refractivity contribution in [2.45, 2.75) is 19.5 Å². The molecule has 1 amide bonds. The molecule has 0 saturated heterocycles. The van der Waals surface area contributed by atoms with E-state index >= 15 is 0 Å². The van der Waals surface area contributed by atoms with Crippen LogP contribution in [0.3, 0.4) is 0 Å². The molecule has 0 aliphatic carbocycles. The zero-order chi connectivity index (χ0) is 24.7. The van der Waals surface area contributed by atoms with Crippen LogP contribution in [0.25, 0.3) is 27.6 Å². The Balaban J connectivity index is 1.48. The molecule has 5 aromatic rings. The lowest BCUT2D eigenvalue weighted by Gasteiger charge is -2.16. The number of H-pyrrole nitrogens is 1. The van der Waals surface area contributed by atoms with Crippen LogP contribution in [-0.2, 0) is 0 Å². The molecule has 5 rings (SSSR count). The number of hydrogen-bond donors (Lipinski definition) is 2. The maximum absolute atomic E-state index is 13.8. The predicted molar refractivity (Wildman–Crippen MR) is 127 cm³/mol. The van der Waals surface area contributed by atoms with Crippen LogP contribution in [0.15, 0.2) is 82.4 Å². The van der Waals surface area contributed by atoms with Gasteiger partial charge in [-0.2, -0.15) is 8.78 Å². The van der Waals surface area contributed by atoms with Crippen LogP contribution < -0.4 is 16.6 Å². The Labute approximate surface area is 196 Å². The summed E-state index contributed by atoms with van der Waals surface area (Å²) in [7, 11) is 0. The highest BCUT2D eigenvalue weighted by atomic mass is 19.3. The van der Waals surface area contributed by atoms with Gasteiger partial charge in [0.25, 0.3) is 11.5 Å². The van der Waals surface area contributed by atoms with Gasteiger partial charge in [0.15, 0.2) is 0 Å². The molecule has 3 aromatic carbocycles. The SMILES string of the molecule is CC(NC(=O)c1ccc2c(=O)n(-c3ccccc3)c(=O)[nH]c2c1)c1nc2ccccc2n1C(F)F. The van der Waals surface area contributed by atoms with Gasteiger partial charge in [-0.1, -0.05) is 30.3 Å². The molecule has 0 fully saturated rings. The number of nitrogens with zero attached hydrogens (tertiary/aromatic N) is 3. The predicted octanol–water partition coefficient (Wildman–Crippen LogP) is 3.91. The summed E-state index contributed by atoms with van der Waals surface area (Å²) in [6.07, 6.45) is 0. The van der Waals surface area contributed by atoms with Crippen LogP contribution in [0.5, 0.6) is 0 Å². The minimum Gasteiger partial charge on any atom is -0.342 e. The highest BCUT2D eigenvalue weighted by Gasteiger charge is 2.23. The molecular formula is C25H19F2N5O3. The Morgan fingerprint density at radius 3 is 2.46 bits per heavy atom. The van der Waals surface area contributed by atoms with Gasteiger partial charge in [0.05, 0.1) is 33.7 Å². The Morgan fingerprint density at radius 2 is 1.71 bits per heavy atom. The molecule has 0 aliphatic heterocycles. The number of halogens is 2. The third kappa shape index (κ3) is 3.88. The van der Waals surface area contributed by atoms with E-state index in [2.05, 4.69) is 15.3 Å². The fourth-order valence-corrected chi connectivity index (χ4v) is 4.09. The van der Waals surface area contributed by atoms with E-state index < -0.39 is 29.7 Å². The van der Waals surface area contributed by atoms with Crippen molar-refractivity contribution in [1.29, 1.82) is 0 Å². The number of nitrogens with one attached hydrogen (secondary N) is 2. The molecule has 0 radical (unpaired) electrons. The van der Waals surface area contributed by atoms with E-state index in [1.165, 1.54) is 24.3 Å². The Hall–Kier alpha value is -4.60. The van der Waals surface area contributed by atoms with E-state index in [4.69, 9.17) is 0 Å². The average Bonchev–Trinajstić information content (AvgIpc) is 3.24. The first kappa shape index (κ1) is 22.2. The highest BCUT2D eigenvalue weighted by molar-refractivity contribution is 5.97. The molecule has 2 N–H and O–H groups in total.